The van der Waals surface area contributed by atoms with Gasteiger partial charge in [0.25, 0.3) is 0 Å². The number of aliphatic carboxylic acids is 1. The smallest absolute Gasteiger partial charge is 0.322 e. The first-order chi connectivity index (χ1) is 8.66. The number of carbonyl (C=O) groups excluding carboxylic acids is 1. The van der Waals surface area contributed by atoms with Crippen molar-refractivity contribution in [2.24, 2.45) is 0 Å². The molecule has 0 radical (unpaired) electrons. The second kappa shape index (κ2) is 5.53. The van der Waals surface area contributed by atoms with Gasteiger partial charge < -0.3 is 15.2 Å². The van der Waals surface area contributed by atoms with Crippen LogP contribution in [0.25, 0.3) is 0 Å². The Morgan fingerprint density at radius 2 is 2.17 bits per heavy atom. The third kappa shape index (κ3) is 3.00. The van der Waals surface area contributed by atoms with Crippen LogP contribution in [0, 0.1) is 0 Å². The van der Waals surface area contributed by atoms with Crippen LogP contribution in [0.2, 0.25) is 0 Å². The lowest BCUT2D eigenvalue weighted by molar-refractivity contribution is -0.138. The van der Waals surface area contributed by atoms with E-state index in [1.807, 2.05) is 24.3 Å². The minimum atomic E-state index is -1.03. The topological polar surface area (TPSA) is 75.6 Å². The molecule has 0 aromatic heterocycles. The van der Waals surface area contributed by atoms with Crippen LogP contribution >= 0.6 is 0 Å². The van der Waals surface area contributed by atoms with Crippen molar-refractivity contribution in [2.45, 2.75) is 18.8 Å². The van der Waals surface area contributed by atoms with Gasteiger partial charge >= 0.3 is 5.97 Å². The number of carbonyl (C=O) groups is 2. The quantitative estimate of drug-likeness (QED) is 0.839. The van der Waals surface area contributed by atoms with Crippen molar-refractivity contribution >= 4 is 11.9 Å². The molecule has 1 atom stereocenters. The van der Waals surface area contributed by atoms with Crippen LogP contribution in [-0.2, 0) is 9.59 Å². The van der Waals surface area contributed by atoms with E-state index in [-0.39, 0.29) is 18.4 Å². The summed E-state index contributed by atoms with van der Waals surface area (Å²) >= 11 is 0. The van der Waals surface area contributed by atoms with Gasteiger partial charge in [-0.1, -0.05) is 18.2 Å². The molecule has 0 fully saturated rings. The van der Waals surface area contributed by atoms with E-state index in [9.17, 15) is 9.59 Å². The Kier molecular flexibility index (Phi) is 3.82. The number of benzene rings is 1. The number of carboxylic acids is 1. The molecule has 2 rings (SSSR count). The molecule has 96 valence electrons. The molecule has 1 aromatic rings. The Hall–Kier alpha value is -2.04. The van der Waals surface area contributed by atoms with E-state index in [1.54, 1.807) is 0 Å². The van der Waals surface area contributed by atoms with Crippen molar-refractivity contribution in [1.82, 2.24) is 5.32 Å². The number of nitrogens with one attached hydrogen (secondary N) is 1. The highest BCUT2D eigenvalue weighted by molar-refractivity contribution is 5.81. The van der Waals surface area contributed by atoms with Gasteiger partial charge in [-0.2, -0.15) is 0 Å². The third-order valence-electron chi connectivity index (χ3n) is 2.95. The van der Waals surface area contributed by atoms with E-state index in [4.69, 9.17) is 9.84 Å². The van der Waals surface area contributed by atoms with Gasteiger partial charge in [-0.15, -0.1) is 0 Å². The fraction of sp³-hybridized carbons (Fsp3) is 0.385. The minimum absolute atomic E-state index is 0.101. The van der Waals surface area contributed by atoms with Crippen molar-refractivity contribution in [1.29, 1.82) is 0 Å². The van der Waals surface area contributed by atoms with Crippen LogP contribution in [0.4, 0.5) is 0 Å². The second-order valence-corrected chi connectivity index (χ2v) is 4.25. The van der Waals surface area contributed by atoms with E-state index in [0.29, 0.717) is 13.0 Å². The van der Waals surface area contributed by atoms with Gasteiger partial charge in [-0.25, -0.2) is 0 Å². The number of para-hydroxylation sites is 1. The minimum Gasteiger partial charge on any atom is -0.493 e. The number of rotatable bonds is 4. The molecule has 0 spiro atoms. The molecule has 1 aliphatic rings. The number of amides is 1. The number of carboxylic acid groups (broad SMARTS) is 1. The predicted molar refractivity (Wildman–Crippen MR) is 64.6 cm³/mol. The van der Waals surface area contributed by atoms with E-state index in [1.165, 1.54) is 0 Å². The van der Waals surface area contributed by atoms with Crippen LogP contribution in [0.5, 0.6) is 5.75 Å². The maximum atomic E-state index is 11.6. The van der Waals surface area contributed by atoms with Crippen molar-refractivity contribution in [3.63, 3.8) is 0 Å². The predicted octanol–water partition coefficient (Wildman–Crippen LogP) is 1.14. The molecule has 1 heterocycles. The molecular weight excluding hydrogens is 234 g/mol. The zero-order valence-corrected chi connectivity index (χ0v) is 9.89. The molecular formula is C13H15NO4. The molecule has 1 aromatic carbocycles. The fourth-order valence-corrected chi connectivity index (χ4v) is 2.10. The maximum Gasteiger partial charge on any atom is 0.322 e. The molecule has 5 heteroatoms. The summed E-state index contributed by atoms with van der Waals surface area (Å²) in [6.45, 7) is 0.261. The highest BCUT2D eigenvalue weighted by atomic mass is 16.5. The van der Waals surface area contributed by atoms with Crippen molar-refractivity contribution in [3.8, 4) is 5.75 Å². The van der Waals surface area contributed by atoms with Gasteiger partial charge in [0.1, 0.15) is 12.3 Å². The molecule has 18 heavy (non-hydrogen) atoms. The first kappa shape index (κ1) is 12.4. The summed E-state index contributed by atoms with van der Waals surface area (Å²) in [5.41, 5.74) is 1.02. The summed E-state index contributed by atoms with van der Waals surface area (Å²) < 4.78 is 5.51. The third-order valence-corrected chi connectivity index (χ3v) is 2.95. The Bertz CT molecular complexity index is 458. The molecule has 1 amide bonds. The SMILES string of the molecule is O=C(O)CNC(=O)C[C@@H]1CCOc2ccccc21. The average molecular weight is 249 g/mol. The summed E-state index contributed by atoms with van der Waals surface area (Å²) in [5, 5.41) is 10.9. The summed E-state index contributed by atoms with van der Waals surface area (Å²) in [6, 6.07) is 7.64. The van der Waals surface area contributed by atoms with Crippen LogP contribution in [0.15, 0.2) is 24.3 Å². The summed E-state index contributed by atoms with van der Waals surface area (Å²) in [5.74, 6) is -0.349. The standard InChI is InChI=1S/C13H15NO4/c15-12(14-8-13(16)17)7-9-5-6-18-11-4-2-1-3-10(9)11/h1-4,9H,5-8H2,(H,14,15)(H,16,17)/t9-/m0/s1. The highest BCUT2D eigenvalue weighted by Crippen LogP contribution is 2.35. The summed E-state index contributed by atoms with van der Waals surface area (Å²) in [4.78, 5) is 22.0. The summed E-state index contributed by atoms with van der Waals surface area (Å²) in [6.07, 6.45) is 1.07. The Morgan fingerprint density at radius 1 is 1.39 bits per heavy atom. The van der Waals surface area contributed by atoms with Gasteiger partial charge in [-0.05, 0) is 24.0 Å². The number of hydrogen-bond acceptors (Lipinski definition) is 3. The molecule has 0 saturated carbocycles. The normalized spacial score (nSPS) is 17.4. The number of fused-ring (bicyclic) bond motifs is 1. The van der Waals surface area contributed by atoms with Crippen LogP contribution in [0.3, 0.4) is 0 Å². The first-order valence-corrected chi connectivity index (χ1v) is 5.87. The molecule has 5 nitrogen and oxygen atoms in total. The van der Waals surface area contributed by atoms with Crippen LogP contribution in [-0.4, -0.2) is 30.1 Å². The molecule has 0 bridgehead atoms. The zero-order chi connectivity index (χ0) is 13.0. The Balaban J connectivity index is 1.98. The van der Waals surface area contributed by atoms with Gasteiger partial charge in [0, 0.05) is 6.42 Å². The number of hydrogen-bond donors (Lipinski definition) is 2. The molecule has 1 aliphatic heterocycles. The largest absolute Gasteiger partial charge is 0.493 e. The lowest BCUT2D eigenvalue weighted by atomic mass is 9.90. The van der Waals surface area contributed by atoms with E-state index in [0.717, 1.165) is 17.7 Å². The lowest BCUT2D eigenvalue weighted by Crippen LogP contribution is -2.31. The van der Waals surface area contributed by atoms with Crippen molar-refractivity contribution in [3.05, 3.63) is 29.8 Å². The van der Waals surface area contributed by atoms with Crippen LogP contribution < -0.4 is 10.1 Å². The van der Waals surface area contributed by atoms with Crippen LogP contribution in [0.1, 0.15) is 24.3 Å². The maximum absolute atomic E-state index is 11.6. The lowest BCUT2D eigenvalue weighted by Gasteiger charge is -2.25. The van der Waals surface area contributed by atoms with Gasteiger partial charge in [-0.3, -0.25) is 9.59 Å². The van der Waals surface area contributed by atoms with Gasteiger partial charge in [0.2, 0.25) is 5.91 Å². The molecule has 2 N–H and O–H groups in total. The molecule has 0 aliphatic carbocycles. The van der Waals surface area contributed by atoms with E-state index >= 15 is 0 Å². The Labute approximate surface area is 105 Å². The monoisotopic (exact) mass is 249 g/mol. The second-order valence-electron chi connectivity index (χ2n) is 4.25. The summed E-state index contributed by atoms with van der Waals surface area (Å²) in [7, 11) is 0. The molecule has 0 saturated heterocycles. The van der Waals surface area contributed by atoms with Crippen molar-refractivity contribution in [2.75, 3.05) is 13.2 Å². The first-order valence-electron chi connectivity index (χ1n) is 5.87. The van der Waals surface area contributed by atoms with Gasteiger partial charge in [0.15, 0.2) is 0 Å². The number of ether oxygens (including phenoxy) is 1. The molecule has 0 unspecified atom stereocenters. The van der Waals surface area contributed by atoms with E-state index < -0.39 is 5.97 Å². The fourth-order valence-electron chi connectivity index (χ4n) is 2.10. The van der Waals surface area contributed by atoms with Gasteiger partial charge in [0.05, 0.1) is 6.61 Å². The van der Waals surface area contributed by atoms with Crippen molar-refractivity contribution < 1.29 is 19.4 Å². The highest BCUT2D eigenvalue weighted by Gasteiger charge is 2.23. The zero-order valence-electron chi connectivity index (χ0n) is 9.89. The van der Waals surface area contributed by atoms with E-state index in [2.05, 4.69) is 5.32 Å². The Morgan fingerprint density at radius 3 is 2.94 bits per heavy atom. The average Bonchev–Trinajstić information content (AvgIpc) is 2.37.